The molecule has 0 aliphatic heterocycles. The summed E-state index contributed by atoms with van der Waals surface area (Å²) in [6, 6.07) is 6.44. The number of rotatable bonds is 2. The number of halogens is 2. The highest BCUT2D eigenvalue weighted by Gasteiger charge is 2.16. The molecule has 17 heavy (non-hydrogen) atoms. The van der Waals surface area contributed by atoms with Gasteiger partial charge in [-0.15, -0.1) is 0 Å². The summed E-state index contributed by atoms with van der Waals surface area (Å²) < 4.78 is 35.9. The average Bonchev–Trinajstić information content (AvgIpc) is 2.81. The molecule has 2 aromatic rings. The molecule has 0 bridgehead atoms. The van der Waals surface area contributed by atoms with Gasteiger partial charge in [0, 0.05) is 0 Å². The van der Waals surface area contributed by atoms with Crippen LogP contribution in [0.4, 0.5) is 8.78 Å². The summed E-state index contributed by atoms with van der Waals surface area (Å²) in [6.07, 6.45) is 0. The number of furan rings is 1. The highest BCUT2D eigenvalue weighted by Crippen LogP contribution is 2.26. The Morgan fingerprint density at radius 2 is 2.00 bits per heavy atom. The first-order valence-corrected chi connectivity index (χ1v) is 4.76. The lowest BCUT2D eigenvalue weighted by atomic mass is 10.1. The van der Waals surface area contributed by atoms with Gasteiger partial charge in [-0.3, -0.25) is 0 Å². The minimum absolute atomic E-state index is 0.0415. The van der Waals surface area contributed by atoms with Gasteiger partial charge in [0.25, 0.3) is 0 Å². The van der Waals surface area contributed by atoms with E-state index in [-0.39, 0.29) is 17.1 Å². The molecule has 0 aliphatic carbocycles. The van der Waals surface area contributed by atoms with E-state index < -0.39 is 17.6 Å². The molecule has 0 amide bonds. The molecular weight excluding hydrogens is 230 g/mol. The van der Waals surface area contributed by atoms with E-state index in [9.17, 15) is 13.6 Å². The zero-order valence-corrected chi connectivity index (χ0v) is 8.87. The maximum atomic E-state index is 13.4. The van der Waals surface area contributed by atoms with E-state index in [1.807, 2.05) is 0 Å². The highest BCUT2D eigenvalue weighted by molar-refractivity contribution is 5.87. The smallest absolute Gasteiger partial charge is 0.373 e. The van der Waals surface area contributed by atoms with Crippen molar-refractivity contribution in [3.05, 3.63) is 47.7 Å². The van der Waals surface area contributed by atoms with E-state index in [1.165, 1.54) is 31.4 Å². The van der Waals surface area contributed by atoms with Crippen molar-refractivity contribution in [2.75, 3.05) is 7.11 Å². The molecule has 1 aromatic heterocycles. The second kappa shape index (κ2) is 4.37. The molecule has 0 unspecified atom stereocenters. The van der Waals surface area contributed by atoms with Gasteiger partial charge >= 0.3 is 5.97 Å². The molecule has 88 valence electrons. The molecule has 0 aliphatic rings. The zero-order chi connectivity index (χ0) is 12.4. The largest absolute Gasteiger partial charge is 0.463 e. The summed E-state index contributed by atoms with van der Waals surface area (Å²) in [5, 5.41) is 0. The fourth-order valence-electron chi connectivity index (χ4n) is 1.39. The van der Waals surface area contributed by atoms with Crippen LogP contribution in [0, 0.1) is 11.6 Å². The van der Waals surface area contributed by atoms with Crippen molar-refractivity contribution in [1.82, 2.24) is 0 Å². The fourth-order valence-corrected chi connectivity index (χ4v) is 1.39. The lowest BCUT2D eigenvalue weighted by molar-refractivity contribution is 0.0566. The molecule has 0 radical (unpaired) electrons. The molecule has 3 nitrogen and oxygen atoms in total. The van der Waals surface area contributed by atoms with Crippen molar-refractivity contribution >= 4 is 5.97 Å². The van der Waals surface area contributed by atoms with Crippen LogP contribution in [-0.2, 0) is 4.74 Å². The predicted molar refractivity (Wildman–Crippen MR) is 55.4 cm³/mol. The van der Waals surface area contributed by atoms with Gasteiger partial charge in [0.2, 0.25) is 5.76 Å². The minimum Gasteiger partial charge on any atom is -0.463 e. The maximum Gasteiger partial charge on any atom is 0.373 e. The lowest BCUT2D eigenvalue weighted by Crippen LogP contribution is -1.98. The predicted octanol–water partition coefficient (Wildman–Crippen LogP) is 3.01. The van der Waals surface area contributed by atoms with Crippen LogP contribution in [-0.4, -0.2) is 13.1 Å². The third kappa shape index (κ3) is 2.04. The molecule has 0 atom stereocenters. The maximum absolute atomic E-state index is 13.4. The van der Waals surface area contributed by atoms with Crippen molar-refractivity contribution in [3.8, 4) is 11.3 Å². The summed E-state index contributed by atoms with van der Waals surface area (Å²) in [6.45, 7) is 0. The van der Waals surface area contributed by atoms with Gasteiger partial charge in [-0.1, -0.05) is 6.07 Å². The lowest BCUT2D eigenvalue weighted by Gasteiger charge is -2.00. The van der Waals surface area contributed by atoms with Crippen LogP contribution in [0.5, 0.6) is 0 Å². The Balaban J connectivity index is 2.44. The Kier molecular flexibility index (Phi) is 2.91. The molecule has 0 fully saturated rings. The minimum atomic E-state index is -1.02. The van der Waals surface area contributed by atoms with E-state index in [0.717, 1.165) is 6.07 Å². The summed E-state index contributed by atoms with van der Waals surface area (Å²) in [5.74, 6) is -2.65. The molecule has 2 rings (SSSR count). The summed E-state index contributed by atoms with van der Waals surface area (Å²) in [4.78, 5) is 11.1. The van der Waals surface area contributed by atoms with Crippen LogP contribution in [0.2, 0.25) is 0 Å². The van der Waals surface area contributed by atoms with Crippen molar-refractivity contribution < 1.29 is 22.7 Å². The Morgan fingerprint density at radius 1 is 1.24 bits per heavy atom. The third-order valence-corrected chi connectivity index (χ3v) is 2.21. The van der Waals surface area contributed by atoms with Gasteiger partial charge in [-0.25, -0.2) is 13.6 Å². The average molecular weight is 238 g/mol. The zero-order valence-electron chi connectivity index (χ0n) is 8.87. The summed E-state index contributed by atoms with van der Waals surface area (Å²) in [7, 11) is 1.20. The van der Waals surface area contributed by atoms with Crippen LogP contribution >= 0.6 is 0 Å². The van der Waals surface area contributed by atoms with Crippen molar-refractivity contribution in [2.24, 2.45) is 0 Å². The standard InChI is InChI=1S/C12H8F2O3/c1-16-12(15)10-6-5-9(17-10)7-3-2-4-8(13)11(7)14/h2-6H,1H3. The van der Waals surface area contributed by atoms with Crippen LogP contribution in [0.15, 0.2) is 34.7 Å². The first-order chi connectivity index (χ1) is 8.13. The Hall–Kier alpha value is -2.17. The number of carbonyl (C=O) groups excluding carboxylic acids is 1. The monoisotopic (exact) mass is 238 g/mol. The highest BCUT2D eigenvalue weighted by atomic mass is 19.2. The third-order valence-electron chi connectivity index (χ3n) is 2.21. The van der Waals surface area contributed by atoms with Gasteiger partial charge in [0.15, 0.2) is 11.6 Å². The van der Waals surface area contributed by atoms with Gasteiger partial charge in [0.1, 0.15) is 5.76 Å². The number of methoxy groups -OCH3 is 1. The SMILES string of the molecule is COC(=O)c1ccc(-c2cccc(F)c2F)o1. The number of carbonyl (C=O) groups is 1. The molecule has 0 saturated heterocycles. The summed E-state index contributed by atoms with van der Waals surface area (Å²) in [5.41, 5.74) is -0.0415. The fraction of sp³-hybridized carbons (Fsp3) is 0.0833. The Bertz CT molecular complexity index is 561. The van der Waals surface area contributed by atoms with E-state index in [0.29, 0.717) is 0 Å². The van der Waals surface area contributed by atoms with E-state index >= 15 is 0 Å². The summed E-state index contributed by atoms with van der Waals surface area (Å²) >= 11 is 0. The first-order valence-electron chi connectivity index (χ1n) is 4.76. The van der Waals surface area contributed by atoms with E-state index in [1.54, 1.807) is 0 Å². The Labute approximate surface area is 95.6 Å². The molecule has 0 spiro atoms. The van der Waals surface area contributed by atoms with Crippen LogP contribution in [0.25, 0.3) is 11.3 Å². The number of ether oxygens (including phenoxy) is 1. The number of esters is 1. The topological polar surface area (TPSA) is 39.4 Å². The molecule has 5 heteroatoms. The van der Waals surface area contributed by atoms with Crippen molar-refractivity contribution in [3.63, 3.8) is 0 Å². The normalized spacial score (nSPS) is 10.3. The molecule has 1 heterocycles. The van der Waals surface area contributed by atoms with Crippen LogP contribution in [0.1, 0.15) is 10.6 Å². The second-order valence-electron chi connectivity index (χ2n) is 3.26. The molecule has 0 N–H and O–H groups in total. The van der Waals surface area contributed by atoms with Gasteiger partial charge in [-0.2, -0.15) is 0 Å². The van der Waals surface area contributed by atoms with Crippen LogP contribution < -0.4 is 0 Å². The number of benzene rings is 1. The Morgan fingerprint density at radius 3 is 2.71 bits per heavy atom. The molecule has 0 saturated carbocycles. The quantitative estimate of drug-likeness (QED) is 0.755. The first kappa shape index (κ1) is 11.3. The number of hydrogen-bond donors (Lipinski definition) is 0. The van der Waals surface area contributed by atoms with Crippen LogP contribution in [0.3, 0.4) is 0 Å². The molecular formula is C12H8F2O3. The van der Waals surface area contributed by atoms with E-state index in [2.05, 4.69) is 4.74 Å². The van der Waals surface area contributed by atoms with Gasteiger partial charge < -0.3 is 9.15 Å². The van der Waals surface area contributed by atoms with Crippen molar-refractivity contribution in [1.29, 1.82) is 0 Å². The van der Waals surface area contributed by atoms with E-state index in [4.69, 9.17) is 4.42 Å². The van der Waals surface area contributed by atoms with Gasteiger partial charge in [-0.05, 0) is 24.3 Å². The van der Waals surface area contributed by atoms with Crippen molar-refractivity contribution in [2.45, 2.75) is 0 Å². The van der Waals surface area contributed by atoms with Gasteiger partial charge in [0.05, 0.1) is 12.7 Å². The number of hydrogen-bond acceptors (Lipinski definition) is 3. The second-order valence-corrected chi connectivity index (χ2v) is 3.26. The molecule has 1 aromatic carbocycles.